The Morgan fingerprint density at radius 3 is 2.64 bits per heavy atom. The first-order chi connectivity index (χ1) is 13.5. The minimum Gasteiger partial charge on any atom is -0.461 e. The van der Waals surface area contributed by atoms with Crippen LogP contribution < -0.4 is 4.90 Å². The maximum Gasteiger partial charge on any atom is 0.311 e. The number of carbonyl (C=O) groups excluding carboxylic acids is 2. The van der Waals surface area contributed by atoms with Crippen LogP contribution >= 0.6 is 0 Å². The summed E-state index contributed by atoms with van der Waals surface area (Å²) in [5, 5.41) is 10.7. The Balaban J connectivity index is 1.36. The topological polar surface area (TPSA) is 89.7 Å². The molecule has 1 fully saturated rings. The minimum atomic E-state index is -0.501. The van der Waals surface area contributed by atoms with Gasteiger partial charge in [-0.15, -0.1) is 0 Å². The number of fused-ring (bicyclic) bond motifs is 1. The summed E-state index contributed by atoms with van der Waals surface area (Å²) in [6.07, 6.45) is 3.40. The van der Waals surface area contributed by atoms with Gasteiger partial charge in [0.2, 0.25) is 5.91 Å². The van der Waals surface area contributed by atoms with E-state index in [4.69, 9.17) is 4.74 Å². The quantitative estimate of drug-likeness (QED) is 0.451. The molecule has 144 valence electrons. The van der Waals surface area contributed by atoms with E-state index in [1.807, 2.05) is 6.07 Å². The van der Waals surface area contributed by atoms with Crippen LogP contribution in [0.2, 0.25) is 0 Å². The third kappa shape index (κ3) is 3.60. The number of anilines is 1. The molecule has 1 unspecified atom stereocenters. The number of nitrogens with zero attached hydrogens (tertiary/aromatic N) is 2. The van der Waals surface area contributed by atoms with Crippen molar-refractivity contribution in [3.63, 3.8) is 0 Å². The number of esters is 1. The molecule has 0 aromatic heterocycles. The molecule has 1 amide bonds. The normalized spacial score (nSPS) is 18.2. The van der Waals surface area contributed by atoms with Crippen LogP contribution in [0.25, 0.3) is 0 Å². The summed E-state index contributed by atoms with van der Waals surface area (Å²) in [4.78, 5) is 36.7. The highest BCUT2D eigenvalue weighted by Gasteiger charge is 2.36. The average molecular weight is 380 g/mol. The zero-order valence-corrected chi connectivity index (χ0v) is 15.3. The number of rotatable bonds is 5. The highest BCUT2D eigenvalue weighted by molar-refractivity contribution is 5.99. The molecule has 28 heavy (non-hydrogen) atoms. The molecule has 0 radical (unpaired) electrons. The zero-order chi connectivity index (χ0) is 19.7. The Bertz CT molecular complexity index is 938. The van der Waals surface area contributed by atoms with Crippen molar-refractivity contribution in [3.05, 3.63) is 69.3 Å². The highest BCUT2D eigenvalue weighted by Crippen LogP contribution is 2.31. The number of ether oxygens (including phenoxy) is 1. The van der Waals surface area contributed by atoms with Gasteiger partial charge < -0.3 is 9.64 Å². The first-order valence-corrected chi connectivity index (χ1v) is 9.33. The molecule has 0 spiro atoms. The third-order valence-corrected chi connectivity index (χ3v) is 5.38. The SMILES string of the molecule is O=C(OCc1ccc([N+](=O)[O-])cc1)C1CC(=O)N(c2ccc3c(c2)CCC3)C1. The van der Waals surface area contributed by atoms with E-state index in [0.29, 0.717) is 12.1 Å². The summed E-state index contributed by atoms with van der Waals surface area (Å²) in [5.74, 6) is -0.996. The number of nitro groups is 1. The van der Waals surface area contributed by atoms with Gasteiger partial charge in [0.1, 0.15) is 6.61 Å². The van der Waals surface area contributed by atoms with E-state index >= 15 is 0 Å². The number of hydrogen-bond donors (Lipinski definition) is 0. The summed E-state index contributed by atoms with van der Waals surface area (Å²) < 4.78 is 5.33. The molecule has 1 atom stereocenters. The van der Waals surface area contributed by atoms with Crippen LogP contribution in [0.15, 0.2) is 42.5 Å². The van der Waals surface area contributed by atoms with Crippen molar-refractivity contribution in [1.82, 2.24) is 0 Å². The molecule has 7 heteroatoms. The van der Waals surface area contributed by atoms with Crippen LogP contribution in [0.1, 0.15) is 29.5 Å². The second-order valence-electron chi connectivity index (χ2n) is 7.24. The van der Waals surface area contributed by atoms with Gasteiger partial charge >= 0.3 is 5.97 Å². The molecule has 2 aromatic carbocycles. The molecule has 4 rings (SSSR count). The van der Waals surface area contributed by atoms with Gasteiger partial charge in [-0.1, -0.05) is 6.07 Å². The van der Waals surface area contributed by atoms with Crippen molar-refractivity contribution in [2.45, 2.75) is 32.3 Å². The van der Waals surface area contributed by atoms with Gasteiger partial charge in [-0.05, 0) is 60.2 Å². The Hall–Kier alpha value is -3.22. The van der Waals surface area contributed by atoms with Crippen molar-refractivity contribution < 1.29 is 19.2 Å². The van der Waals surface area contributed by atoms with Crippen LogP contribution in [0.3, 0.4) is 0 Å². The van der Waals surface area contributed by atoms with Gasteiger partial charge in [0, 0.05) is 30.8 Å². The molecule has 2 aromatic rings. The van der Waals surface area contributed by atoms with Crippen molar-refractivity contribution in [1.29, 1.82) is 0 Å². The fourth-order valence-electron chi connectivity index (χ4n) is 3.83. The molecule has 7 nitrogen and oxygen atoms in total. The Morgan fingerprint density at radius 2 is 1.89 bits per heavy atom. The van der Waals surface area contributed by atoms with Crippen LogP contribution in [0, 0.1) is 16.0 Å². The van der Waals surface area contributed by atoms with E-state index in [1.165, 1.54) is 23.3 Å². The van der Waals surface area contributed by atoms with Gasteiger partial charge in [0.25, 0.3) is 5.69 Å². The van der Waals surface area contributed by atoms with Gasteiger partial charge in [0.05, 0.1) is 10.8 Å². The van der Waals surface area contributed by atoms with E-state index in [1.54, 1.807) is 17.0 Å². The fraction of sp³-hybridized carbons (Fsp3) is 0.333. The number of nitro benzene ring substituents is 1. The van der Waals surface area contributed by atoms with Gasteiger partial charge in [0.15, 0.2) is 0 Å². The minimum absolute atomic E-state index is 0.0125. The Labute approximate surface area is 162 Å². The fourth-order valence-corrected chi connectivity index (χ4v) is 3.83. The van der Waals surface area contributed by atoms with Gasteiger partial charge in [-0.3, -0.25) is 19.7 Å². The summed E-state index contributed by atoms with van der Waals surface area (Å²) in [6.45, 7) is 0.344. The molecule has 1 heterocycles. The Morgan fingerprint density at radius 1 is 1.14 bits per heavy atom. The monoisotopic (exact) mass is 380 g/mol. The second-order valence-corrected chi connectivity index (χ2v) is 7.24. The van der Waals surface area contributed by atoms with Gasteiger partial charge in [-0.2, -0.15) is 0 Å². The standard InChI is InChI=1S/C21H20N2O5/c24-20-11-17(12-22(20)19-9-6-15-2-1-3-16(15)10-19)21(25)28-13-14-4-7-18(8-5-14)23(26)27/h4-10,17H,1-3,11-13H2. The lowest BCUT2D eigenvalue weighted by Crippen LogP contribution is -2.26. The number of carbonyl (C=O) groups is 2. The smallest absolute Gasteiger partial charge is 0.311 e. The molecule has 1 aliphatic heterocycles. The Kier molecular flexibility index (Phi) is 4.81. The van der Waals surface area contributed by atoms with E-state index in [-0.39, 0.29) is 24.6 Å². The lowest BCUT2D eigenvalue weighted by atomic mass is 10.1. The molecule has 0 saturated carbocycles. The molecular formula is C21H20N2O5. The van der Waals surface area contributed by atoms with Gasteiger partial charge in [-0.25, -0.2) is 0 Å². The molecular weight excluding hydrogens is 360 g/mol. The third-order valence-electron chi connectivity index (χ3n) is 5.38. The summed E-state index contributed by atoms with van der Waals surface area (Å²) >= 11 is 0. The van der Waals surface area contributed by atoms with Crippen LogP contribution in [-0.4, -0.2) is 23.3 Å². The number of aryl methyl sites for hydroxylation is 2. The number of hydrogen-bond acceptors (Lipinski definition) is 5. The van der Waals surface area contributed by atoms with Crippen LogP contribution in [0.4, 0.5) is 11.4 Å². The van der Waals surface area contributed by atoms with Crippen LogP contribution in [-0.2, 0) is 33.8 Å². The van der Waals surface area contributed by atoms with Crippen LogP contribution in [0.5, 0.6) is 0 Å². The first kappa shape index (κ1) is 18.2. The maximum atomic E-state index is 12.4. The molecule has 2 aliphatic rings. The second kappa shape index (κ2) is 7.42. The van der Waals surface area contributed by atoms with E-state index in [0.717, 1.165) is 24.9 Å². The largest absolute Gasteiger partial charge is 0.461 e. The first-order valence-electron chi connectivity index (χ1n) is 9.33. The van der Waals surface area contributed by atoms with E-state index < -0.39 is 16.8 Å². The lowest BCUT2D eigenvalue weighted by Gasteiger charge is -2.17. The number of amides is 1. The lowest BCUT2D eigenvalue weighted by molar-refractivity contribution is -0.384. The van der Waals surface area contributed by atoms with Crippen molar-refractivity contribution in [2.75, 3.05) is 11.4 Å². The molecule has 0 N–H and O–H groups in total. The van der Waals surface area contributed by atoms with Crippen molar-refractivity contribution in [3.8, 4) is 0 Å². The molecule has 1 saturated heterocycles. The maximum absolute atomic E-state index is 12.4. The molecule has 1 aliphatic carbocycles. The predicted octanol–water partition coefficient (Wildman–Crippen LogP) is 3.18. The summed E-state index contributed by atoms with van der Waals surface area (Å²) in [6, 6.07) is 11.9. The predicted molar refractivity (Wildman–Crippen MR) is 102 cm³/mol. The highest BCUT2D eigenvalue weighted by atomic mass is 16.6. The van der Waals surface area contributed by atoms with E-state index in [2.05, 4.69) is 12.1 Å². The zero-order valence-electron chi connectivity index (χ0n) is 15.3. The number of benzene rings is 2. The van der Waals surface area contributed by atoms with Crippen molar-refractivity contribution in [2.24, 2.45) is 5.92 Å². The van der Waals surface area contributed by atoms with E-state index in [9.17, 15) is 19.7 Å². The summed E-state index contributed by atoms with van der Waals surface area (Å²) in [7, 11) is 0. The van der Waals surface area contributed by atoms with Crippen molar-refractivity contribution >= 4 is 23.3 Å². The number of non-ortho nitro benzene ring substituents is 1. The average Bonchev–Trinajstić information content (AvgIpc) is 3.32. The molecule has 0 bridgehead atoms. The summed E-state index contributed by atoms with van der Waals surface area (Å²) in [5.41, 5.74) is 4.13.